The molecule has 0 fully saturated rings. The lowest BCUT2D eigenvalue weighted by Crippen LogP contribution is -2.50. The number of hydrogen-bond acceptors (Lipinski definition) is 7. The fourth-order valence-corrected chi connectivity index (χ4v) is 3.14. The molecule has 12 heteroatoms. The summed E-state index contributed by atoms with van der Waals surface area (Å²) in [5, 5.41) is 29.5. The number of aliphatic hydroxyl groups is 2. The van der Waals surface area contributed by atoms with Crippen LogP contribution in [0.25, 0.3) is 0 Å². The van der Waals surface area contributed by atoms with Crippen LogP contribution in [0.15, 0.2) is 30.3 Å². The molecule has 4 N–H and O–H groups in total. The third-order valence-corrected chi connectivity index (χ3v) is 5.03. The van der Waals surface area contributed by atoms with Gasteiger partial charge in [-0.2, -0.15) is 0 Å². The van der Waals surface area contributed by atoms with Crippen LogP contribution in [0.4, 0.5) is 0 Å². The number of carbonyl (C=O) groups excluding carboxylic acids is 4. The fraction of sp³-hybridized carbons (Fsp3) is 0.593. The Hall–Kier alpha value is -3.51. The van der Waals surface area contributed by atoms with E-state index >= 15 is 0 Å². The van der Waals surface area contributed by atoms with Crippen LogP contribution in [-0.2, 0) is 19.2 Å². The summed E-state index contributed by atoms with van der Waals surface area (Å²) in [5.41, 5.74) is 0.411. The lowest BCUT2D eigenvalue weighted by molar-refractivity contribution is -0.142. The van der Waals surface area contributed by atoms with E-state index in [4.69, 9.17) is 5.11 Å². The highest BCUT2D eigenvalue weighted by atomic mass is 16.4. The van der Waals surface area contributed by atoms with E-state index in [1.807, 2.05) is 0 Å². The second-order valence-electron chi connectivity index (χ2n) is 9.69. The molecular formula is C27H44N4O8. The minimum atomic E-state index is -1.21. The van der Waals surface area contributed by atoms with Gasteiger partial charge in [-0.05, 0) is 31.9 Å². The zero-order valence-electron chi connectivity index (χ0n) is 23.6. The molecule has 39 heavy (non-hydrogen) atoms. The molecule has 0 aliphatic rings. The van der Waals surface area contributed by atoms with Crippen molar-refractivity contribution in [2.24, 2.45) is 5.92 Å². The maximum Gasteiger partial charge on any atom is 0.322 e. The number of aliphatic hydroxyl groups excluding tert-OH is 2. The van der Waals surface area contributed by atoms with E-state index in [1.54, 1.807) is 44.2 Å². The molecule has 0 bridgehead atoms. The van der Waals surface area contributed by atoms with Gasteiger partial charge in [-0.25, -0.2) is 0 Å². The second-order valence-corrected chi connectivity index (χ2v) is 9.69. The van der Waals surface area contributed by atoms with Gasteiger partial charge in [-0.1, -0.05) is 39.0 Å². The number of nitrogens with one attached hydrogen (secondary N) is 1. The number of aliphatic carboxylic acids is 1. The van der Waals surface area contributed by atoms with Gasteiger partial charge in [-0.3, -0.25) is 24.0 Å². The van der Waals surface area contributed by atoms with E-state index in [9.17, 15) is 34.2 Å². The maximum atomic E-state index is 13.0. The Labute approximate surface area is 230 Å². The highest BCUT2D eigenvalue weighted by Crippen LogP contribution is 2.10. The van der Waals surface area contributed by atoms with Crippen molar-refractivity contribution < 1.29 is 39.3 Å². The van der Waals surface area contributed by atoms with E-state index in [0.29, 0.717) is 5.56 Å². The Morgan fingerprint density at radius 3 is 1.79 bits per heavy atom. The fourth-order valence-electron chi connectivity index (χ4n) is 3.14. The number of rotatable bonds is 15. The lowest BCUT2D eigenvalue weighted by Gasteiger charge is -2.31. The zero-order valence-corrected chi connectivity index (χ0v) is 23.6. The zero-order chi connectivity index (χ0) is 30.0. The predicted octanol–water partition coefficient (Wildman–Crippen LogP) is 0.432. The van der Waals surface area contributed by atoms with Crippen LogP contribution in [0.3, 0.4) is 0 Å². The molecule has 0 aliphatic heterocycles. The molecule has 0 unspecified atom stereocenters. The van der Waals surface area contributed by atoms with Gasteiger partial charge in [0.1, 0.15) is 13.1 Å². The molecular weight excluding hydrogens is 508 g/mol. The highest BCUT2D eigenvalue weighted by Gasteiger charge is 2.26. The second kappa shape index (κ2) is 19.5. The van der Waals surface area contributed by atoms with E-state index in [0.717, 1.165) is 10.8 Å². The first kappa shape index (κ1) is 35.5. The minimum absolute atomic E-state index is 0.100. The van der Waals surface area contributed by atoms with Gasteiger partial charge < -0.3 is 35.3 Å². The number of amides is 4. The third kappa shape index (κ3) is 15.5. The summed E-state index contributed by atoms with van der Waals surface area (Å²) in [6.45, 7) is 7.57. The van der Waals surface area contributed by atoms with Gasteiger partial charge in [0, 0.05) is 37.7 Å². The Bertz CT molecular complexity index is 906. The average molecular weight is 553 g/mol. The first-order valence-electron chi connectivity index (χ1n) is 13.0. The summed E-state index contributed by atoms with van der Waals surface area (Å²) in [7, 11) is 0. The Morgan fingerprint density at radius 2 is 1.31 bits per heavy atom. The van der Waals surface area contributed by atoms with Gasteiger partial charge in [0.25, 0.3) is 5.91 Å². The van der Waals surface area contributed by atoms with Gasteiger partial charge in [0.05, 0.1) is 19.8 Å². The molecule has 1 aromatic carbocycles. The largest absolute Gasteiger partial charge is 0.480 e. The van der Waals surface area contributed by atoms with Gasteiger partial charge in [-0.15, -0.1) is 0 Å². The molecule has 0 saturated heterocycles. The molecule has 0 spiro atoms. The molecule has 0 heterocycles. The molecule has 12 nitrogen and oxygen atoms in total. The maximum absolute atomic E-state index is 13.0. The Morgan fingerprint density at radius 1 is 0.795 bits per heavy atom. The summed E-state index contributed by atoms with van der Waals surface area (Å²) in [6.07, 6.45) is -0.195. The standard InChI is InChI=1S/C23H34N4O8.C4H10/c1-17(2)27(23(35)18-6-4-3-5-7-18)16-21(32)26(11-13-29)15-20(31)25(10-12-28)9-8-19(30)24-14-22(33)34;1-4(2)3/h3-7,17,28-29H,8-16H2,1-2H3,(H,24,30)(H,33,34);4H,1-3H3. The van der Waals surface area contributed by atoms with Crippen LogP contribution in [0.2, 0.25) is 0 Å². The summed E-state index contributed by atoms with van der Waals surface area (Å²) >= 11 is 0. The summed E-state index contributed by atoms with van der Waals surface area (Å²) < 4.78 is 0. The van der Waals surface area contributed by atoms with Crippen molar-refractivity contribution in [3.05, 3.63) is 35.9 Å². The molecule has 220 valence electrons. The van der Waals surface area contributed by atoms with E-state index in [1.165, 1.54) is 9.80 Å². The summed E-state index contributed by atoms with van der Waals surface area (Å²) in [6, 6.07) is 8.15. The van der Waals surface area contributed by atoms with Crippen LogP contribution >= 0.6 is 0 Å². The summed E-state index contributed by atoms with van der Waals surface area (Å²) in [4.78, 5) is 64.7. The Kier molecular flexibility index (Phi) is 17.8. The van der Waals surface area contributed by atoms with Crippen molar-refractivity contribution in [1.29, 1.82) is 0 Å². The number of benzene rings is 1. The highest BCUT2D eigenvalue weighted by molar-refractivity contribution is 5.97. The first-order valence-corrected chi connectivity index (χ1v) is 13.0. The molecule has 0 aromatic heterocycles. The van der Waals surface area contributed by atoms with Crippen molar-refractivity contribution in [3.63, 3.8) is 0 Å². The van der Waals surface area contributed by atoms with Crippen molar-refractivity contribution in [2.75, 3.05) is 52.5 Å². The topological polar surface area (TPSA) is 168 Å². The first-order chi connectivity index (χ1) is 18.3. The van der Waals surface area contributed by atoms with Crippen LogP contribution < -0.4 is 5.32 Å². The van der Waals surface area contributed by atoms with E-state index in [-0.39, 0.29) is 51.2 Å². The van der Waals surface area contributed by atoms with Crippen LogP contribution in [0.1, 0.15) is 51.4 Å². The molecule has 1 aromatic rings. The number of carbonyl (C=O) groups is 5. The average Bonchev–Trinajstić information content (AvgIpc) is 2.87. The summed E-state index contributed by atoms with van der Waals surface area (Å²) in [5.74, 6) is -2.43. The van der Waals surface area contributed by atoms with Crippen molar-refractivity contribution in [1.82, 2.24) is 20.0 Å². The molecule has 1 rings (SSSR count). The molecule has 0 saturated carbocycles. The number of carboxylic acid groups (broad SMARTS) is 1. The number of carboxylic acids is 1. The normalized spacial score (nSPS) is 10.4. The van der Waals surface area contributed by atoms with Crippen molar-refractivity contribution in [3.8, 4) is 0 Å². The van der Waals surface area contributed by atoms with Gasteiger partial charge >= 0.3 is 5.97 Å². The van der Waals surface area contributed by atoms with Crippen molar-refractivity contribution >= 4 is 29.6 Å². The smallest absolute Gasteiger partial charge is 0.322 e. The van der Waals surface area contributed by atoms with Crippen LogP contribution in [-0.4, -0.2) is 118 Å². The third-order valence-electron chi connectivity index (χ3n) is 5.03. The van der Waals surface area contributed by atoms with E-state index in [2.05, 4.69) is 26.1 Å². The molecule has 0 aliphatic carbocycles. The molecule has 0 atom stereocenters. The molecule has 0 radical (unpaired) electrons. The predicted molar refractivity (Wildman–Crippen MR) is 146 cm³/mol. The van der Waals surface area contributed by atoms with Crippen LogP contribution in [0.5, 0.6) is 0 Å². The van der Waals surface area contributed by atoms with Gasteiger partial charge in [0.15, 0.2) is 0 Å². The Balaban J connectivity index is 0.00000336. The lowest BCUT2D eigenvalue weighted by atomic mass is 10.1. The van der Waals surface area contributed by atoms with Gasteiger partial charge in [0.2, 0.25) is 17.7 Å². The van der Waals surface area contributed by atoms with Crippen molar-refractivity contribution in [2.45, 2.75) is 47.1 Å². The van der Waals surface area contributed by atoms with Crippen LogP contribution in [0, 0.1) is 5.92 Å². The number of hydrogen-bond donors (Lipinski definition) is 4. The molecule has 4 amide bonds. The number of nitrogens with zero attached hydrogens (tertiary/aromatic N) is 3. The minimum Gasteiger partial charge on any atom is -0.480 e. The SMILES string of the molecule is CC(C)C.CC(C)N(CC(=O)N(CCO)CC(=O)N(CCO)CCC(=O)NCC(=O)O)C(=O)c1ccccc1. The van der Waals surface area contributed by atoms with E-state index < -0.39 is 43.4 Å². The quantitative estimate of drug-likeness (QED) is 0.243. The monoisotopic (exact) mass is 552 g/mol.